The van der Waals surface area contributed by atoms with Gasteiger partial charge in [-0.3, -0.25) is 9.59 Å². The van der Waals surface area contributed by atoms with Gasteiger partial charge in [0.2, 0.25) is 11.8 Å². The lowest BCUT2D eigenvalue weighted by Crippen LogP contribution is -2.29. The molecule has 2 rings (SSSR count). The third-order valence-electron chi connectivity index (χ3n) is 3.34. The summed E-state index contributed by atoms with van der Waals surface area (Å²) < 4.78 is 5.93. The molecule has 0 saturated carbocycles. The molecule has 0 fully saturated rings. The van der Waals surface area contributed by atoms with Gasteiger partial charge in [-0.15, -0.1) is 0 Å². The highest BCUT2D eigenvalue weighted by atomic mass is 79.9. The molecule has 0 saturated heterocycles. The fourth-order valence-electron chi connectivity index (χ4n) is 2.14. The van der Waals surface area contributed by atoms with Crippen LogP contribution in [0, 0.1) is 0 Å². The highest BCUT2D eigenvalue weighted by molar-refractivity contribution is 9.10. The molecule has 0 bridgehead atoms. The number of anilines is 1. The maximum Gasteiger partial charge on any atom is 0.233 e. The largest absolute Gasteiger partial charge is 0.497 e. The van der Waals surface area contributed by atoms with E-state index >= 15 is 0 Å². The normalized spacial score (nSPS) is 10.1. The van der Waals surface area contributed by atoms with Crippen LogP contribution in [0.1, 0.15) is 12.0 Å². The summed E-state index contributed by atoms with van der Waals surface area (Å²) in [4.78, 5) is 23.7. The molecule has 0 radical (unpaired) electrons. The van der Waals surface area contributed by atoms with Gasteiger partial charge in [0, 0.05) is 11.0 Å². The second-order valence-electron chi connectivity index (χ2n) is 5.16. The third kappa shape index (κ3) is 5.70. The zero-order valence-electron chi connectivity index (χ0n) is 13.3. The van der Waals surface area contributed by atoms with E-state index in [4.69, 9.17) is 4.74 Å². The molecule has 0 aliphatic rings. The van der Waals surface area contributed by atoms with Gasteiger partial charge in [0.1, 0.15) is 12.2 Å². The van der Waals surface area contributed by atoms with Gasteiger partial charge in [0.15, 0.2) is 0 Å². The monoisotopic (exact) mass is 390 g/mol. The summed E-state index contributed by atoms with van der Waals surface area (Å²) in [6.45, 7) is 0.467. The van der Waals surface area contributed by atoms with E-state index in [2.05, 4.69) is 26.6 Å². The van der Waals surface area contributed by atoms with E-state index in [1.54, 1.807) is 13.2 Å². The fraction of sp³-hybridized carbons (Fsp3) is 0.222. The number of benzene rings is 2. The van der Waals surface area contributed by atoms with Gasteiger partial charge < -0.3 is 15.4 Å². The fourth-order valence-corrected chi connectivity index (χ4v) is 2.52. The van der Waals surface area contributed by atoms with Crippen LogP contribution in [0.25, 0.3) is 0 Å². The van der Waals surface area contributed by atoms with E-state index < -0.39 is 0 Å². The molecule has 2 N–H and O–H groups in total. The maximum absolute atomic E-state index is 11.9. The molecule has 5 nitrogen and oxygen atoms in total. The zero-order valence-corrected chi connectivity index (χ0v) is 14.9. The van der Waals surface area contributed by atoms with Crippen molar-refractivity contribution in [1.82, 2.24) is 5.32 Å². The Hall–Kier alpha value is -2.34. The molecule has 0 spiro atoms. The first kappa shape index (κ1) is 18.0. The standard InChI is InChI=1S/C18H19BrN2O3/c1-24-14-6-4-5-13(11-14)9-10-20-17(22)12-18(23)21-16-8-3-2-7-15(16)19/h2-8,11H,9-10,12H2,1H3,(H,20,22)(H,21,23). The van der Waals surface area contributed by atoms with Crippen LogP contribution in [0.3, 0.4) is 0 Å². The number of rotatable bonds is 7. The van der Waals surface area contributed by atoms with Crippen LogP contribution < -0.4 is 15.4 Å². The Kier molecular flexibility index (Phi) is 6.81. The van der Waals surface area contributed by atoms with E-state index in [1.807, 2.05) is 42.5 Å². The van der Waals surface area contributed by atoms with E-state index in [0.29, 0.717) is 18.7 Å². The van der Waals surface area contributed by atoms with Gasteiger partial charge >= 0.3 is 0 Å². The second-order valence-corrected chi connectivity index (χ2v) is 6.01. The highest BCUT2D eigenvalue weighted by Gasteiger charge is 2.10. The van der Waals surface area contributed by atoms with E-state index in [9.17, 15) is 9.59 Å². The Labute approximate surface area is 149 Å². The molecule has 0 unspecified atom stereocenters. The summed E-state index contributed by atoms with van der Waals surface area (Å²) in [7, 11) is 1.62. The van der Waals surface area contributed by atoms with Crippen molar-refractivity contribution in [3.63, 3.8) is 0 Å². The van der Waals surface area contributed by atoms with Crippen LogP contribution in [-0.2, 0) is 16.0 Å². The lowest BCUT2D eigenvalue weighted by Gasteiger charge is -2.08. The summed E-state index contributed by atoms with van der Waals surface area (Å²) in [6, 6.07) is 14.9. The number of halogens is 1. The summed E-state index contributed by atoms with van der Waals surface area (Å²) in [5.41, 5.74) is 1.71. The average molecular weight is 391 g/mol. The van der Waals surface area contributed by atoms with Gasteiger partial charge in [-0.1, -0.05) is 24.3 Å². The van der Waals surface area contributed by atoms with Crippen molar-refractivity contribution in [3.05, 3.63) is 58.6 Å². The Bertz CT molecular complexity index is 719. The molecule has 2 aromatic carbocycles. The molecule has 126 valence electrons. The molecular weight excluding hydrogens is 372 g/mol. The maximum atomic E-state index is 11.9. The van der Waals surface area contributed by atoms with Crippen molar-refractivity contribution >= 4 is 33.4 Å². The minimum atomic E-state index is -0.346. The Morgan fingerprint density at radius 3 is 2.62 bits per heavy atom. The minimum absolute atomic E-state index is 0.209. The molecule has 0 aliphatic heterocycles. The van der Waals surface area contributed by atoms with Gasteiger partial charge in [0.25, 0.3) is 0 Å². The average Bonchev–Trinajstić information content (AvgIpc) is 2.57. The van der Waals surface area contributed by atoms with Crippen molar-refractivity contribution in [3.8, 4) is 5.75 Å². The number of para-hydroxylation sites is 1. The van der Waals surface area contributed by atoms with Crippen LogP contribution in [0.5, 0.6) is 5.75 Å². The Morgan fingerprint density at radius 1 is 1.08 bits per heavy atom. The lowest BCUT2D eigenvalue weighted by atomic mass is 10.1. The molecule has 2 aromatic rings. The topological polar surface area (TPSA) is 67.4 Å². The minimum Gasteiger partial charge on any atom is -0.497 e. The molecular formula is C18H19BrN2O3. The predicted molar refractivity (Wildman–Crippen MR) is 97.1 cm³/mol. The van der Waals surface area contributed by atoms with Crippen molar-refractivity contribution < 1.29 is 14.3 Å². The van der Waals surface area contributed by atoms with Crippen LogP contribution in [-0.4, -0.2) is 25.5 Å². The van der Waals surface area contributed by atoms with Gasteiger partial charge in [-0.05, 0) is 52.2 Å². The summed E-state index contributed by atoms with van der Waals surface area (Å²) in [5.74, 6) is 0.134. The summed E-state index contributed by atoms with van der Waals surface area (Å²) >= 11 is 3.35. The molecule has 0 atom stereocenters. The van der Waals surface area contributed by atoms with Gasteiger partial charge in [-0.2, -0.15) is 0 Å². The number of carbonyl (C=O) groups excluding carboxylic acids is 2. The van der Waals surface area contributed by atoms with E-state index in [0.717, 1.165) is 15.8 Å². The van der Waals surface area contributed by atoms with Crippen molar-refractivity contribution in [2.24, 2.45) is 0 Å². The number of hydrogen-bond acceptors (Lipinski definition) is 3. The van der Waals surface area contributed by atoms with Crippen LogP contribution in [0.4, 0.5) is 5.69 Å². The van der Waals surface area contributed by atoms with E-state index in [1.165, 1.54) is 0 Å². The number of methoxy groups -OCH3 is 1. The zero-order chi connectivity index (χ0) is 17.4. The first-order chi connectivity index (χ1) is 11.6. The number of hydrogen-bond donors (Lipinski definition) is 2. The van der Waals surface area contributed by atoms with Crippen LogP contribution >= 0.6 is 15.9 Å². The summed E-state index contributed by atoms with van der Waals surface area (Å²) in [6.07, 6.45) is 0.467. The van der Waals surface area contributed by atoms with Gasteiger partial charge in [-0.25, -0.2) is 0 Å². The van der Waals surface area contributed by atoms with Crippen molar-refractivity contribution in [1.29, 1.82) is 0 Å². The van der Waals surface area contributed by atoms with Crippen LogP contribution in [0.2, 0.25) is 0 Å². The first-order valence-electron chi connectivity index (χ1n) is 7.52. The molecule has 2 amide bonds. The lowest BCUT2D eigenvalue weighted by molar-refractivity contribution is -0.126. The quantitative estimate of drug-likeness (QED) is 0.713. The summed E-state index contributed by atoms with van der Waals surface area (Å²) in [5, 5.41) is 5.45. The Morgan fingerprint density at radius 2 is 1.88 bits per heavy atom. The van der Waals surface area contributed by atoms with E-state index in [-0.39, 0.29) is 18.2 Å². The number of nitrogens with one attached hydrogen (secondary N) is 2. The van der Waals surface area contributed by atoms with Crippen molar-refractivity contribution in [2.45, 2.75) is 12.8 Å². The SMILES string of the molecule is COc1cccc(CCNC(=O)CC(=O)Nc2ccccc2Br)c1. The molecule has 6 heteroatoms. The van der Waals surface area contributed by atoms with Crippen LogP contribution in [0.15, 0.2) is 53.0 Å². The van der Waals surface area contributed by atoms with Crippen molar-refractivity contribution in [2.75, 3.05) is 19.0 Å². The number of amides is 2. The highest BCUT2D eigenvalue weighted by Crippen LogP contribution is 2.21. The van der Waals surface area contributed by atoms with Gasteiger partial charge in [0.05, 0.1) is 12.8 Å². The predicted octanol–water partition coefficient (Wildman–Crippen LogP) is 3.15. The molecule has 0 heterocycles. The number of ether oxygens (including phenoxy) is 1. The Balaban J connectivity index is 1.74. The molecule has 0 aromatic heterocycles. The first-order valence-corrected chi connectivity index (χ1v) is 8.32. The smallest absolute Gasteiger partial charge is 0.233 e. The number of carbonyl (C=O) groups is 2. The second kappa shape index (κ2) is 9.08. The third-order valence-corrected chi connectivity index (χ3v) is 4.03. The molecule has 24 heavy (non-hydrogen) atoms. The molecule has 0 aliphatic carbocycles.